The average molecular weight is 322 g/mol. The van der Waals surface area contributed by atoms with Gasteiger partial charge in [0.2, 0.25) is 0 Å². The first-order valence-corrected chi connectivity index (χ1v) is 8.48. The Morgan fingerprint density at radius 1 is 1.21 bits per heavy atom. The molecule has 1 aliphatic heterocycles. The lowest BCUT2D eigenvalue weighted by atomic mass is 9.99. The monoisotopic (exact) mass is 322 g/mol. The second-order valence-corrected chi connectivity index (χ2v) is 6.43. The molecule has 0 radical (unpaired) electrons. The maximum Gasteiger partial charge on any atom is 0.133 e. The van der Waals surface area contributed by atoms with Gasteiger partial charge in [-0.05, 0) is 49.6 Å². The quantitative estimate of drug-likeness (QED) is 0.782. The fraction of sp³-hybridized carbons (Fsp3) is 0.389. The van der Waals surface area contributed by atoms with Crippen LogP contribution in [0, 0.1) is 12.8 Å². The molecule has 1 aliphatic rings. The van der Waals surface area contributed by atoms with E-state index in [1.165, 1.54) is 12.0 Å². The number of aromatic nitrogens is 5. The summed E-state index contributed by atoms with van der Waals surface area (Å²) >= 11 is 0. The van der Waals surface area contributed by atoms with E-state index in [0.29, 0.717) is 5.92 Å². The van der Waals surface area contributed by atoms with Gasteiger partial charge in [0.15, 0.2) is 0 Å². The van der Waals surface area contributed by atoms with E-state index in [-0.39, 0.29) is 0 Å². The molecule has 0 fully saturated rings. The number of fused-ring (bicyclic) bond motifs is 1. The number of hydrogen-bond acceptors (Lipinski definition) is 4. The zero-order valence-electron chi connectivity index (χ0n) is 13.9. The second kappa shape index (κ2) is 6.57. The molecule has 0 bridgehead atoms. The number of benzene rings is 1. The molecule has 0 amide bonds. The van der Waals surface area contributed by atoms with Crippen molar-refractivity contribution in [2.45, 2.75) is 32.9 Å². The summed E-state index contributed by atoms with van der Waals surface area (Å²) in [5, 5.41) is 16.2. The van der Waals surface area contributed by atoms with Crippen LogP contribution in [0.2, 0.25) is 0 Å². The van der Waals surface area contributed by atoms with Crippen molar-refractivity contribution in [1.29, 1.82) is 0 Å². The Balaban J connectivity index is 1.29. The fourth-order valence-corrected chi connectivity index (χ4v) is 3.31. The van der Waals surface area contributed by atoms with Gasteiger partial charge in [-0.2, -0.15) is 5.10 Å². The average Bonchev–Trinajstić information content (AvgIpc) is 3.26. The first-order chi connectivity index (χ1) is 11.8. The molecule has 124 valence electrons. The van der Waals surface area contributed by atoms with Crippen LogP contribution in [0.25, 0.3) is 5.69 Å². The zero-order valence-corrected chi connectivity index (χ0v) is 13.9. The molecule has 3 aromatic rings. The molecule has 1 atom stereocenters. The third-order valence-corrected chi connectivity index (χ3v) is 4.70. The third-order valence-electron chi connectivity index (χ3n) is 4.70. The molecule has 0 saturated heterocycles. The normalized spacial score (nSPS) is 17.0. The Kier molecular flexibility index (Phi) is 4.13. The largest absolute Gasteiger partial charge is 0.315 e. The van der Waals surface area contributed by atoms with Crippen LogP contribution in [-0.4, -0.2) is 31.1 Å². The topological polar surface area (TPSA) is 60.6 Å². The van der Waals surface area contributed by atoms with Crippen molar-refractivity contribution < 1.29 is 0 Å². The van der Waals surface area contributed by atoms with Crippen LogP contribution in [0.3, 0.4) is 0 Å². The fourth-order valence-electron chi connectivity index (χ4n) is 3.31. The highest BCUT2D eigenvalue weighted by Crippen LogP contribution is 2.19. The van der Waals surface area contributed by atoms with Gasteiger partial charge in [0.25, 0.3) is 0 Å². The Bertz CT molecular complexity index is 788. The summed E-state index contributed by atoms with van der Waals surface area (Å²) in [5.41, 5.74) is 2.38. The lowest BCUT2D eigenvalue weighted by Crippen LogP contribution is -2.30. The van der Waals surface area contributed by atoms with Crippen molar-refractivity contribution in [2.24, 2.45) is 5.92 Å². The summed E-state index contributed by atoms with van der Waals surface area (Å²) in [6.07, 6.45) is 5.97. The van der Waals surface area contributed by atoms with Gasteiger partial charge in [0.05, 0.1) is 5.69 Å². The summed E-state index contributed by atoms with van der Waals surface area (Å²) in [5.74, 6) is 2.82. The summed E-state index contributed by atoms with van der Waals surface area (Å²) in [7, 11) is 0. The number of nitrogens with zero attached hydrogens (tertiary/aromatic N) is 5. The molecule has 2 aromatic heterocycles. The van der Waals surface area contributed by atoms with Gasteiger partial charge in [-0.25, -0.2) is 4.68 Å². The predicted molar refractivity (Wildman–Crippen MR) is 91.8 cm³/mol. The van der Waals surface area contributed by atoms with Crippen LogP contribution in [0.4, 0.5) is 0 Å². The maximum atomic E-state index is 4.25. The molecule has 6 nitrogen and oxygen atoms in total. The number of nitrogens with one attached hydrogen (secondary N) is 1. The Morgan fingerprint density at radius 3 is 2.88 bits per heavy atom. The molecule has 3 heterocycles. The molecular formula is C18H22N6. The van der Waals surface area contributed by atoms with Crippen molar-refractivity contribution in [1.82, 2.24) is 29.9 Å². The Labute approximate surface area is 141 Å². The predicted octanol–water partition coefficient (Wildman–Crippen LogP) is 2.12. The number of hydrogen-bond donors (Lipinski definition) is 1. The van der Waals surface area contributed by atoms with Gasteiger partial charge in [-0.3, -0.25) is 0 Å². The van der Waals surface area contributed by atoms with Crippen molar-refractivity contribution in [2.75, 3.05) is 6.54 Å². The number of rotatable bonds is 5. The van der Waals surface area contributed by atoms with Gasteiger partial charge >= 0.3 is 0 Å². The first kappa shape index (κ1) is 15.1. The van der Waals surface area contributed by atoms with Gasteiger partial charge in [0, 0.05) is 31.9 Å². The van der Waals surface area contributed by atoms with E-state index >= 15 is 0 Å². The minimum atomic E-state index is 0.649. The van der Waals surface area contributed by atoms with E-state index in [2.05, 4.69) is 49.4 Å². The third kappa shape index (κ3) is 3.10. The Morgan fingerprint density at radius 2 is 2.08 bits per heavy atom. The van der Waals surface area contributed by atoms with Crippen molar-refractivity contribution in [3.63, 3.8) is 0 Å². The summed E-state index contributed by atoms with van der Waals surface area (Å²) in [4.78, 5) is 0. The van der Waals surface area contributed by atoms with E-state index in [9.17, 15) is 0 Å². The van der Waals surface area contributed by atoms with E-state index in [0.717, 1.165) is 43.4 Å². The van der Waals surface area contributed by atoms with Gasteiger partial charge in [0.1, 0.15) is 11.6 Å². The summed E-state index contributed by atoms with van der Waals surface area (Å²) in [6.45, 7) is 4.98. The smallest absolute Gasteiger partial charge is 0.133 e. The minimum Gasteiger partial charge on any atom is -0.315 e. The summed E-state index contributed by atoms with van der Waals surface area (Å²) in [6, 6.07) is 10.5. The summed E-state index contributed by atoms with van der Waals surface area (Å²) < 4.78 is 4.13. The SMILES string of the molecule is Cc1nnc2n1CC(CNCc1ccc(-n3cccn3)cc1)CC2. The van der Waals surface area contributed by atoms with Crippen LogP contribution in [0.15, 0.2) is 42.7 Å². The molecule has 1 aromatic carbocycles. The van der Waals surface area contributed by atoms with Crippen molar-refractivity contribution in [3.8, 4) is 5.69 Å². The highest BCUT2D eigenvalue weighted by atomic mass is 15.3. The molecule has 1 N–H and O–H groups in total. The van der Waals surface area contributed by atoms with Crippen LogP contribution in [0.1, 0.15) is 23.6 Å². The number of aryl methyl sites for hydroxylation is 2. The van der Waals surface area contributed by atoms with E-state index < -0.39 is 0 Å². The first-order valence-electron chi connectivity index (χ1n) is 8.48. The molecular weight excluding hydrogens is 300 g/mol. The molecule has 0 aliphatic carbocycles. The van der Waals surface area contributed by atoms with Crippen LogP contribution in [0.5, 0.6) is 0 Å². The standard InChI is InChI=1S/C18H22N6/c1-14-21-22-18-8-5-16(13-23(14)18)12-19-11-15-3-6-17(7-4-15)24-10-2-9-20-24/h2-4,6-7,9-10,16,19H,5,8,11-13H2,1H3. The van der Waals surface area contributed by atoms with Gasteiger partial charge < -0.3 is 9.88 Å². The molecule has 1 unspecified atom stereocenters. The van der Waals surface area contributed by atoms with E-state index in [1.807, 2.05) is 23.9 Å². The lowest BCUT2D eigenvalue weighted by Gasteiger charge is -2.24. The van der Waals surface area contributed by atoms with E-state index in [1.54, 1.807) is 6.20 Å². The molecule has 6 heteroatoms. The molecule has 0 spiro atoms. The minimum absolute atomic E-state index is 0.649. The van der Waals surface area contributed by atoms with Gasteiger partial charge in [-0.1, -0.05) is 12.1 Å². The highest BCUT2D eigenvalue weighted by molar-refractivity contribution is 5.33. The lowest BCUT2D eigenvalue weighted by molar-refractivity contribution is 0.344. The van der Waals surface area contributed by atoms with Crippen molar-refractivity contribution in [3.05, 3.63) is 59.9 Å². The molecule has 0 saturated carbocycles. The Hall–Kier alpha value is -2.47. The van der Waals surface area contributed by atoms with Crippen LogP contribution < -0.4 is 5.32 Å². The highest BCUT2D eigenvalue weighted by Gasteiger charge is 2.20. The molecule has 4 rings (SSSR count). The van der Waals surface area contributed by atoms with Crippen LogP contribution in [-0.2, 0) is 19.5 Å². The van der Waals surface area contributed by atoms with Crippen molar-refractivity contribution >= 4 is 0 Å². The maximum absolute atomic E-state index is 4.25. The molecule has 24 heavy (non-hydrogen) atoms. The zero-order chi connectivity index (χ0) is 16.4. The van der Waals surface area contributed by atoms with Crippen LogP contribution >= 0.6 is 0 Å². The second-order valence-electron chi connectivity index (χ2n) is 6.43. The van der Waals surface area contributed by atoms with E-state index in [4.69, 9.17) is 0 Å². The van der Waals surface area contributed by atoms with Gasteiger partial charge in [-0.15, -0.1) is 10.2 Å².